The van der Waals surface area contributed by atoms with E-state index in [4.69, 9.17) is 0 Å². The van der Waals surface area contributed by atoms with Crippen molar-refractivity contribution in [3.8, 4) is 11.5 Å². The number of para-hydroxylation sites is 2. The molecule has 2 aliphatic rings. The molecule has 2 aromatic rings. The van der Waals surface area contributed by atoms with Crippen molar-refractivity contribution in [3.63, 3.8) is 0 Å². The summed E-state index contributed by atoms with van der Waals surface area (Å²) in [6, 6.07) is 12.1. The number of alkyl halides is 4. The highest BCUT2D eigenvalue weighted by Gasteiger charge is 2.66. The molecule has 0 aromatic heterocycles. The van der Waals surface area contributed by atoms with Crippen LogP contribution in [-0.2, 0) is 4.74 Å². The van der Waals surface area contributed by atoms with Crippen LogP contribution in [0.15, 0.2) is 107 Å². The molecule has 4 rings (SSSR count). The van der Waals surface area contributed by atoms with Crippen LogP contribution in [0.25, 0.3) is 0 Å². The van der Waals surface area contributed by atoms with Gasteiger partial charge in [-0.15, -0.1) is 0 Å². The van der Waals surface area contributed by atoms with Gasteiger partial charge in [-0.05, 0) is 24.3 Å². The Bertz CT molecular complexity index is 1220. The third-order valence-corrected chi connectivity index (χ3v) is 5.15. The average Bonchev–Trinajstić information content (AvgIpc) is 2.91. The van der Waals surface area contributed by atoms with Crippen molar-refractivity contribution in [1.29, 1.82) is 0 Å². The second-order valence-electron chi connectivity index (χ2n) is 7.56. The zero-order valence-electron chi connectivity index (χ0n) is 17.9. The van der Waals surface area contributed by atoms with Gasteiger partial charge in [0.2, 0.25) is 35.7 Å². The van der Waals surface area contributed by atoms with Crippen molar-refractivity contribution in [2.45, 2.75) is 24.1 Å². The summed E-state index contributed by atoms with van der Waals surface area (Å²) in [5.74, 6) is -31.8. The van der Waals surface area contributed by atoms with Gasteiger partial charge in [0, 0.05) is 0 Å². The number of benzene rings is 2. The summed E-state index contributed by atoms with van der Waals surface area (Å²) in [5.41, 5.74) is 0. The first-order valence-electron chi connectivity index (χ1n) is 10.1. The number of hydrogen-bond acceptors (Lipinski definition) is 3. The topological polar surface area (TPSA) is 27.7 Å². The summed E-state index contributed by atoms with van der Waals surface area (Å²) in [6.07, 6.45) is -7.87. The summed E-state index contributed by atoms with van der Waals surface area (Å²) >= 11 is 0. The lowest BCUT2D eigenvalue weighted by molar-refractivity contribution is -0.293. The predicted molar refractivity (Wildman–Crippen MR) is 107 cm³/mol. The van der Waals surface area contributed by atoms with Crippen LogP contribution in [0.1, 0.15) is 0 Å². The van der Waals surface area contributed by atoms with E-state index in [-0.39, 0.29) is 0 Å². The Morgan fingerprint density at radius 3 is 1.16 bits per heavy atom. The first-order chi connectivity index (χ1) is 17.4. The third kappa shape index (κ3) is 4.37. The Kier molecular flexibility index (Phi) is 6.84. The number of hydrogen-bond donors (Lipinski definition) is 0. The van der Waals surface area contributed by atoms with Gasteiger partial charge in [-0.2, -0.15) is 17.6 Å². The van der Waals surface area contributed by atoms with Crippen molar-refractivity contribution in [2.24, 2.45) is 0 Å². The van der Waals surface area contributed by atoms with Gasteiger partial charge in [0.05, 0.1) is 0 Å². The lowest BCUT2D eigenvalue weighted by Gasteiger charge is -2.39. The number of ether oxygens (including phenoxy) is 3. The average molecular weight is 538 g/mol. The molecule has 13 heteroatoms. The predicted octanol–water partition coefficient (Wildman–Crippen LogP) is 7.86. The Morgan fingerprint density at radius 2 is 0.838 bits per heavy atom. The van der Waals surface area contributed by atoms with Crippen LogP contribution in [0.4, 0.5) is 43.9 Å². The van der Waals surface area contributed by atoms with Gasteiger partial charge in [-0.25, -0.2) is 26.3 Å². The molecule has 37 heavy (non-hydrogen) atoms. The van der Waals surface area contributed by atoms with E-state index in [1.54, 1.807) is 0 Å². The van der Waals surface area contributed by atoms with Crippen LogP contribution in [-0.4, -0.2) is 24.1 Å². The molecule has 0 saturated heterocycles. The molecule has 0 bridgehead atoms. The Morgan fingerprint density at radius 1 is 0.514 bits per heavy atom. The number of halogens is 10. The summed E-state index contributed by atoms with van der Waals surface area (Å²) in [7, 11) is 0. The van der Waals surface area contributed by atoms with Gasteiger partial charge in [0.1, 0.15) is 11.5 Å². The van der Waals surface area contributed by atoms with E-state index < -0.39 is 82.0 Å². The highest BCUT2D eigenvalue weighted by Crippen LogP contribution is 2.52. The maximum absolute atomic E-state index is 15.5. The summed E-state index contributed by atoms with van der Waals surface area (Å²) in [5, 5.41) is 0. The fraction of sp³-hybridized carbons (Fsp3) is 0.167. The molecule has 2 aromatic carbocycles. The second-order valence-corrected chi connectivity index (χ2v) is 7.56. The van der Waals surface area contributed by atoms with Crippen LogP contribution in [0.3, 0.4) is 0 Å². The van der Waals surface area contributed by atoms with Gasteiger partial charge >= 0.3 is 11.7 Å². The molecule has 4 unspecified atom stereocenters. The molecule has 196 valence electrons. The maximum Gasteiger partial charge on any atom is 0.306 e. The van der Waals surface area contributed by atoms with Crippen molar-refractivity contribution < 1.29 is 58.1 Å². The van der Waals surface area contributed by atoms with Crippen LogP contribution < -0.4 is 9.47 Å². The lowest BCUT2D eigenvalue weighted by atomic mass is 9.98. The van der Waals surface area contributed by atoms with E-state index in [9.17, 15) is 26.3 Å². The Balaban J connectivity index is 1.74. The quantitative estimate of drug-likeness (QED) is 0.351. The van der Waals surface area contributed by atoms with Gasteiger partial charge in [-0.1, -0.05) is 36.4 Å². The van der Waals surface area contributed by atoms with Crippen molar-refractivity contribution in [1.82, 2.24) is 0 Å². The molecule has 0 N–H and O–H groups in total. The van der Waals surface area contributed by atoms with Crippen LogP contribution in [0.2, 0.25) is 0 Å². The first kappa shape index (κ1) is 26.3. The maximum atomic E-state index is 15.5. The van der Waals surface area contributed by atoms with Gasteiger partial charge in [0.25, 0.3) is 0 Å². The minimum atomic E-state index is -5.16. The van der Waals surface area contributed by atoms with E-state index in [0.29, 0.717) is 0 Å². The van der Waals surface area contributed by atoms with Crippen molar-refractivity contribution in [2.75, 3.05) is 0 Å². The highest BCUT2D eigenvalue weighted by molar-refractivity contribution is 5.43. The van der Waals surface area contributed by atoms with Gasteiger partial charge in [0.15, 0.2) is 23.2 Å². The molecule has 0 amide bonds. The van der Waals surface area contributed by atoms with Gasteiger partial charge < -0.3 is 9.47 Å². The van der Waals surface area contributed by atoms with Crippen LogP contribution >= 0.6 is 0 Å². The van der Waals surface area contributed by atoms with E-state index in [2.05, 4.69) is 14.2 Å². The SMILES string of the molecule is FC1=C(Oc2ccccc2)C(F)C(F)(OC2(F)C(F)=C(F)C(F)=C(Oc3ccccc3)C2F)C(F)=C1F. The molecule has 2 aliphatic carbocycles. The third-order valence-electron chi connectivity index (χ3n) is 5.15. The van der Waals surface area contributed by atoms with E-state index in [0.717, 1.165) is 24.3 Å². The number of rotatable bonds is 6. The molecule has 0 aliphatic heterocycles. The molecule has 0 radical (unpaired) electrons. The highest BCUT2D eigenvalue weighted by atomic mass is 19.2. The molecule has 3 nitrogen and oxygen atoms in total. The van der Waals surface area contributed by atoms with Crippen LogP contribution in [0.5, 0.6) is 11.5 Å². The largest absolute Gasteiger partial charge is 0.455 e. The smallest absolute Gasteiger partial charge is 0.306 e. The lowest BCUT2D eigenvalue weighted by Crippen LogP contribution is -2.54. The molecule has 4 atom stereocenters. The number of allylic oxidation sites excluding steroid dienone is 4. The molecular formula is C24H12F10O3. The fourth-order valence-electron chi connectivity index (χ4n) is 3.32. The fourth-order valence-corrected chi connectivity index (χ4v) is 3.32. The normalized spacial score (nSPS) is 28.7. The minimum absolute atomic E-state index is 0.440. The van der Waals surface area contributed by atoms with E-state index in [1.807, 2.05) is 0 Å². The standard InChI is InChI=1S/C24H12F10O3/c25-13-15(27)19(29)23(33,21(31)17(13)35-11-7-3-1-4-8-11)37-24(34)20(30)16(28)14(26)18(22(24)32)36-12-9-5-2-6-10-12/h1-10,21-22H. The van der Waals surface area contributed by atoms with E-state index in [1.165, 1.54) is 36.4 Å². The van der Waals surface area contributed by atoms with Crippen molar-refractivity contribution in [3.05, 3.63) is 107 Å². The van der Waals surface area contributed by atoms with Gasteiger partial charge in [-0.3, -0.25) is 4.74 Å². The summed E-state index contributed by atoms with van der Waals surface area (Å²) < 4.78 is 160. The molecule has 0 heterocycles. The first-order valence-corrected chi connectivity index (χ1v) is 10.1. The minimum Gasteiger partial charge on any atom is -0.455 e. The second kappa shape index (κ2) is 9.61. The molecule has 0 saturated carbocycles. The zero-order valence-corrected chi connectivity index (χ0v) is 17.9. The Labute approximate surface area is 201 Å². The Hall–Kier alpha value is -3.74. The van der Waals surface area contributed by atoms with Crippen molar-refractivity contribution >= 4 is 0 Å². The summed E-state index contributed by atoms with van der Waals surface area (Å²) in [6.45, 7) is 0. The molecule has 0 fully saturated rings. The molecular weight excluding hydrogens is 526 g/mol. The van der Waals surface area contributed by atoms with E-state index >= 15 is 17.6 Å². The molecule has 0 spiro atoms. The zero-order chi connectivity index (χ0) is 27.1. The van der Waals surface area contributed by atoms with Crippen LogP contribution in [0, 0.1) is 0 Å². The monoisotopic (exact) mass is 538 g/mol. The summed E-state index contributed by atoms with van der Waals surface area (Å²) in [4.78, 5) is 0.